The molecule has 0 aromatic heterocycles. The Morgan fingerprint density at radius 2 is 1.80 bits per heavy atom. The van der Waals surface area contributed by atoms with Gasteiger partial charge in [-0.3, -0.25) is 4.72 Å². The molecular formula is C15H11ClF3NO4S. The highest BCUT2D eigenvalue weighted by atomic mass is 35.5. The average Bonchev–Trinajstić information content (AvgIpc) is 2.52. The molecule has 0 amide bonds. The van der Waals surface area contributed by atoms with Gasteiger partial charge in [-0.05, 0) is 37.3 Å². The van der Waals surface area contributed by atoms with Gasteiger partial charge in [-0.15, -0.1) is 0 Å². The summed E-state index contributed by atoms with van der Waals surface area (Å²) in [4.78, 5) is 10.5. The molecule has 0 atom stereocenters. The quantitative estimate of drug-likeness (QED) is 0.620. The Bertz CT molecular complexity index is 935. The van der Waals surface area contributed by atoms with E-state index in [4.69, 9.17) is 11.6 Å². The summed E-state index contributed by atoms with van der Waals surface area (Å²) < 4.78 is 71.9. The van der Waals surface area contributed by atoms with Crippen LogP contribution in [-0.4, -0.2) is 21.0 Å². The van der Waals surface area contributed by atoms with E-state index in [0.717, 1.165) is 18.2 Å². The van der Waals surface area contributed by atoms with Crippen LogP contribution in [0.4, 0.5) is 18.9 Å². The second-order valence-corrected chi connectivity index (χ2v) is 6.78. The van der Waals surface area contributed by atoms with E-state index in [1.54, 1.807) is 11.6 Å². The predicted molar refractivity (Wildman–Crippen MR) is 84.5 cm³/mol. The van der Waals surface area contributed by atoms with Crippen molar-refractivity contribution in [3.05, 3.63) is 58.4 Å². The van der Waals surface area contributed by atoms with Gasteiger partial charge in [-0.25, -0.2) is 26.4 Å². The number of anilines is 1. The molecule has 5 nitrogen and oxygen atoms in total. The molecule has 0 aliphatic rings. The van der Waals surface area contributed by atoms with E-state index >= 15 is 0 Å². The highest BCUT2D eigenvalue weighted by molar-refractivity contribution is 7.92. The molecule has 2 aromatic rings. The number of esters is 1. The maximum atomic E-state index is 14.0. The lowest BCUT2D eigenvalue weighted by Gasteiger charge is -2.11. The van der Waals surface area contributed by atoms with Crippen molar-refractivity contribution in [2.24, 2.45) is 0 Å². The molecule has 10 heteroatoms. The van der Waals surface area contributed by atoms with Crippen LogP contribution in [0.1, 0.15) is 17.3 Å². The topological polar surface area (TPSA) is 72.5 Å². The van der Waals surface area contributed by atoms with Gasteiger partial charge in [-0.2, -0.15) is 0 Å². The summed E-state index contributed by atoms with van der Waals surface area (Å²) in [6, 6.07) is 3.71. The SMILES string of the molecule is CCOC(=O)c1ccc(NS(=O)(=O)c2cc(F)c(Cl)cc2F)c(F)c1. The first-order valence-corrected chi connectivity index (χ1v) is 8.66. The summed E-state index contributed by atoms with van der Waals surface area (Å²) in [6.45, 7) is 1.65. The van der Waals surface area contributed by atoms with Crippen molar-refractivity contribution < 1.29 is 31.1 Å². The number of rotatable bonds is 5. The predicted octanol–water partition coefficient (Wildman–Crippen LogP) is 3.73. The molecule has 25 heavy (non-hydrogen) atoms. The number of halogens is 4. The Balaban J connectivity index is 2.35. The number of hydrogen-bond donors (Lipinski definition) is 1. The normalized spacial score (nSPS) is 11.2. The van der Waals surface area contributed by atoms with Crippen molar-refractivity contribution in [1.82, 2.24) is 0 Å². The first-order valence-electron chi connectivity index (χ1n) is 6.79. The van der Waals surface area contributed by atoms with Gasteiger partial charge in [0, 0.05) is 0 Å². The Morgan fingerprint density at radius 1 is 1.12 bits per heavy atom. The van der Waals surface area contributed by atoms with Crippen LogP contribution in [0, 0.1) is 17.5 Å². The molecule has 0 bridgehead atoms. The number of hydrogen-bond acceptors (Lipinski definition) is 4. The van der Waals surface area contributed by atoms with Crippen molar-refractivity contribution in [2.45, 2.75) is 11.8 Å². The highest BCUT2D eigenvalue weighted by Crippen LogP contribution is 2.26. The van der Waals surface area contributed by atoms with Crippen LogP contribution in [0.2, 0.25) is 5.02 Å². The Labute approximate surface area is 146 Å². The zero-order chi connectivity index (χ0) is 18.8. The minimum absolute atomic E-state index is 0.0796. The van der Waals surface area contributed by atoms with Gasteiger partial charge < -0.3 is 4.74 Å². The number of sulfonamides is 1. The highest BCUT2D eigenvalue weighted by Gasteiger charge is 2.23. The van der Waals surface area contributed by atoms with Gasteiger partial charge in [0.15, 0.2) is 0 Å². The van der Waals surface area contributed by atoms with E-state index in [0.29, 0.717) is 12.1 Å². The lowest BCUT2D eigenvalue weighted by molar-refractivity contribution is 0.0526. The molecule has 0 unspecified atom stereocenters. The van der Waals surface area contributed by atoms with E-state index in [1.165, 1.54) is 0 Å². The van der Waals surface area contributed by atoms with Crippen LogP contribution < -0.4 is 4.72 Å². The third-order valence-electron chi connectivity index (χ3n) is 2.99. The second kappa shape index (κ2) is 7.32. The van der Waals surface area contributed by atoms with E-state index in [1.807, 2.05) is 0 Å². The summed E-state index contributed by atoms with van der Waals surface area (Å²) in [5, 5.41) is -0.596. The molecular weight excluding hydrogens is 383 g/mol. The number of benzene rings is 2. The molecule has 0 spiro atoms. The first kappa shape index (κ1) is 19.1. The third kappa shape index (κ3) is 4.23. The molecule has 1 N–H and O–H groups in total. The summed E-state index contributed by atoms with van der Waals surface area (Å²) in [5.74, 6) is -4.34. The van der Waals surface area contributed by atoms with Crippen molar-refractivity contribution in [3.8, 4) is 0 Å². The fourth-order valence-corrected chi connectivity index (χ4v) is 3.14. The lowest BCUT2D eigenvalue weighted by atomic mass is 10.2. The number of carbonyl (C=O) groups excluding carboxylic acids is 1. The fraction of sp³-hybridized carbons (Fsp3) is 0.133. The molecule has 0 aliphatic carbocycles. The van der Waals surface area contributed by atoms with Crippen LogP contribution in [0.15, 0.2) is 35.2 Å². The Hall–Kier alpha value is -2.26. The van der Waals surface area contributed by atoms with Gasteiger partial charge in [0.25, 0.3) is 10.0 Å². The van der Waals surface area contributed by atoms with Gasteiger partial charge >= 0.3 is 5.97 Å². The molecule has 0 heterocycles. The Morgan fingerprint density at radius 3 is 2.40 bits per heavy atom. The van der Waals surface area contributed by atoms with E-state index in [-0.39, 0.29) is 12.2 Å². The molecule has 0 fully saturated rings. The van der Waals surface area contributed by atoms with Gasteiger partial charge in [-0.1, -0.05) is 11.6 Å². The molecule has 0 saturated heterocycles. The standard InChI is InChI=1S/C15H11ClF3NO4S/c1-2-24-15(21)8-3-4-13(11(18)5-8)20-25(22,23)14-7-10(17)9(16)6-12(14)19/h3-7,20H,2H2,1H3. The van der Waals surface area contributed by atoms with Crippen molar-refractivity contribution in [2.75, 3.05) is 11.3 Å². The van der Waals surface area contributed by atoms with E-state index in [9.17, 15) is 26.4 Å². The largest absolute Gasteiger partial charge is 0.462 e. The summed E-state index contributed by atoms with van der Waals surface area (Å²) >= 11 is 5.36. The molecule has 0 saturated carbocycles. The van der Waals surface area contributed by atoms with Crippen LogP contribution in [-0.2, 0) is 14.8 Å². The maximum absolute atomic E-state index is 14.0. The van der Waals surface area contributed by atoms with E-state index < -0.39 is 49.0 Å². The molecule has 134 valence electrons. The molecule has 2 aromatic carbocycles. The zero-order valence-corrected chi connectivity index (χ0v) is 14.2. The molecule has 0 aliphatic heterocycles. The summed E-state index contributed by atoms with van der Waals surface area (Å²) in [5.41, 5.74) is -0.686. The summed E-state index contributed by atoms with van der Waals surface area (Å²) in [7, 11) is -4.63. The zero-order valence-electron chi connectivity index (χ0n) is 12.6. The maximum Gasteiger partial charge on any atom is 0.338 e. The van der Waals surface area contributed by atoms with Gasteiger partial charge in [0.2, 0.25) is 0 Å². The van der Waals surface area contributed by atoms with Crippen LogP contribution in [0.25, 0.3) is 0 Å². The minimum atomic E-state index is -4.63. The molecule has 0 radical (unpaired) electrons. The lowest BCUT2D eigenvalue weighted by Crippen LogP contribution is -2.16. The van der Waals surface area contributed by atoms with Gasteiger partial charge in [0.05, 0.1) is 22.9 Å². The Kier molecular flexibility index (Phi) is 5.58. The molecule has 2 rings (SSSR count). The first-order chi connectivity index (χ1) is 11.7. The van der Waals surface area contributed by atoms with Crippen LogP contribution >= 0.6 is 11.6 Å². The monoisotopic (exact) mass is 393 g/mol. The van der Waals surface area contributed by atoms with Crippen LogP contribution in [0.3, 0.4) is 0 Å². The summed E-state index contributed by atoms with van der Waals surface area (Å²) in [6.07, 6.45) is 0. The average molecular weight is 394 g/mol. The number of ether oxygens (including phenoxy) is 1. The number of carbonyl (C=O) groups is 1. The smallest absolute Gasteiger partial charge is 0.338 e. The number of nitrogens with one attached hydrogen (secondary N) is 1. The van der Waals surface area contributed by atoms with Crippen molar-refractivity contribution >= 4 is 33.3 Å². The van der Waals surface area contributed by atoms with E-state index in [2.05, 4.69) is 4.74 Å². The van der Waals surface area contributed by atoms with Gasteiger partial charge in [0.1, 0.15) is 22.3 Å². The van der Waals surface area contributed by atoms with Crippen LogP contribution in [0.5, 0.6) is 0 Å². The second-order valence-electron chi connectivity index (χ2n) is 4.72. The third-order valence-corrected chi connectivity index (χ3v) is 4.66. The minimum Gasteiger partial charge on any atom is -0.462 e. The van der Waals surface area contributed by atoms with Crippen molar-refractivity contribution in [1.29, 1.82) is 0 Å². The fourth-order valence-electron chi connectivity index (χ4n) is 1.85. The van der Waals surface area contributed by atoms with Crippen molar-refractivity contribution in [3.63, 3.8) is 0 Å².